The van der Waals surface area contributed by atoms with Crippen molar-refractivity contribution in [2.75, 3.05) is 58.9 Å². The predicted octanol–water partition coefficient (Wildman–Crippen LogP) is 3.83. The van der Waals surface area contributed by atoms with Crippen LogP contribution in [0.2, 0.25) is 5.02 Å². The summed E-state index contributed by atoms with van der Waals surface area (Å²) in [4.78, 5) is 27.8. The number of phenolic OH excluding ortho intramolecular Hbond substituents is 1. The van der Waals surface area contributed by atoms with Crippen LogP contribution in [0.5, 0.6) is 5.75 Å². The van der Waals surface area contributed by atoms with E-state index in [1.807, 2.05) is 11.0 Å². The summed E-state index contributed by atoms with van der Waals surface area (Å²) in [5.74, 6) is 0.729. The van der Waals surface area contributed by atoms with Gasteiger partial charge in [0.15, 0.2) is 0 Å². The Bertz CT molecular complexity index is 1210. The molecular weight excluding hydrogens is 502 g/mol. The van der Waals surface area contributed by atoms with Gasteiger partial charge in [0, 0.05) is 68.1 Å². The molecule has 4 rings (SSSR count). The number of aromatic hydroxyl groups is 1. The number of phenols is 1. The third-order valence-corrected chi connectivity index (χ3v) is 7.28. The lowest BCUT2D eigenvalue weighted by Crippen LogP contribution is -2.34. The Hall–Kier alpha value is -2.76. The quantitative estimate of drug-likeness (QED) is 0.360. The number of methoxy groups -OCH3 is 2. The molecule has 0 saturated carbocycles. The summed E-state index contributed by atoms with van der Waals surface area (Å²) >= 11 is 7.66. The van der Waals surface area contributed by atoms with E-state index in [1.54, 1.807) is 43.8 Å². The smallest absolute Gasteiger partial charge is 0.246 e. The molecule has 11 heteroatoms. The largest absolute Gasteiger partial charge is 0.508 e. The number of amides is 1. The Kier molecular flexibility index (Phi) is 9.11. The number of hydrogen-bond donors (Lipinski definition) is 2. The van der Waals surface area contributed by atoms with Gasteiger partial charge >= 0.3 is 0 Å². The van der Waals surface area contributed by atoms with E-state index in [0.29, 0.717) is 55.8 Å². The number of ether oxygens (including phenoxy) is 2. The maximum atomic E-state index is 12.9. The zero-order valence-corrected chi connectivity index (χ0v) is 21.9. The molecular formula is C25H30ClN5O4S. The number of nitrogens with one attached hydrogen (secondary N) is 1. The van der Waals surface area contributed by atoms with Crippen LogP contribution >= 0.6 is 22.9 Å². The summed E-state index contributed by atoms with van der Waals surface area (Å²) in [6.07, 6.45) is 5.79. The molecule has 0 saturated heterocycles. The van der Waals surface area contributed by atoms with Crippen LogP contribution in [0.15, 0.2) is 36.7 Å². The first-order valence-corrected chi connectivity index (χ1v) is 12.9. The van der Waals surface area contributed by atoms with Gasteiger partial charge in [0.25, 0.3) is 0 Å². The molecule has 1 aliphatic heterocycles. The highest BCUT2D eigenvalue weighted by atomic mass is 35.5. The normalized spacial score (nSPS) is 13.6. The number of nitrogens with zero attached hydrogens (tertiary/aromatic N) is 4. The minimum absolute atomic E-state index is 0.00428. The molecule has 0 spiro atoms. The first-order chi connectivity index (χ1) is 17.5. The first-order valence-electron chi connectivity index (χ1n) is 11.7. The monoisotopic (exact) mass is 531 g/mol. The molecule has 1 aromatic carbocycles. The average Bonchev–Trinajstić information content (AvgIpc) is 3.23. The number of rotatable bonds is 11. The minimum Gasteiger partial charge on any atom is -0.508 e. The van der Waals surface area contributed by atoms with Crippen molar-refractivity contribution in [1.82, 2.24) is 19.8 Å². The second-order valence-electron chi connectivity index (χ2n) is 8.43. The van der Waals surface area contributed by atoms with Crippen LogP contribution in [0.4, 0.5) is 11.5 Å². The van der Waals surface area contributed by atoms with Crippen LogP contribution in [0.3, 0.4) is 0 Å². The van der Waals surface area contributed by atoms with Gasteiger partial charge in [0.05, 0.1) is 25.1 Å². The molecule has 0 atom stereocenters. The van der Waals surface area contributed by atoms with E-state index in [2.05, 4.69) is 20.2 Å². The molecule has 0 radical (unpaired) electrons. The number of hydrogen-bond acceptors (Lipinski definition) is 9. The fourth-order valence-corrected chi connectivity index (χ4v) is 5.57. The molecule has 0 unspecified atom stereocenters. The molecule has 0 aliphatic carbocycles. The summed E-state index contributed by atoms with van der Waals surface area (Å²) in [5.41, 5.74) is 1.80. The van der Waals surface area contributed by atoms with E-state index in [0.717, 1.165) is 33.7 Å². The number of fused-ring (bicyclic) bond motifs is 3. The Morgan fingerprint density at radius 2 is 2.03 bits per heavy atom. The van der Waals surface area contributed by atoms with Crippen LogP contribution in [-0.4, -0.2) is 84.4 Å². The number of carbonyl (C=O) groups is 1. The van der Waals surface area contributed by atoms with E-state index >= 15 is 0 Å². The van der Waals surface area contributed by atoms with Gasteiger partial charge in [-0.1, -0.05) is 17.7 Å². The van der Waals surface area contributed by atoms with E-state index in [4.69, 9.17) is 21.1 Å². The van der Waals surface area contributed by atoms with Crippen LogP contribution in [0.25, 0.3) is 10.2 Å². The number of halogens is 1. The molecule has 0 bridgehead atoms. The molecule has 1 amide bonds. The van der Waals surface area contributed by atoms with Crippen molar-refractivity contribution in [2.24, 2.45) is 0 Å². The van der Waals surface area contributed by atoms with Gasteiger partial charge in [0.2, 0.25) is 5.91 Å². The van der Waals surface area contributed by atoms with Crippen molar-refractivity contribution in [1.29, 1.82) is 0 Å². The summed E-state index contributed by atoms with van der Waals surface area (Å²) in [6.45, 7) is 4.62. The van der Waals surface area contributed by atoms with Crippen molar-refractivity contribution in [3.8, 4) is 5.75 Å². The van der Waals surface area contributed by atoms with E-state index < -0.39 is 0 Å². The van der Waals surface area contributed by atoms with Gasteiger partial charge in [-0.3, -0.25) is 9.69 Å². The van der Waals surface area contributed by atoms with Crippen molar-refractivity contribution >= 4 is 50.6 Å². The Morgan fingerprint density at radius 1 is 1.25 bits per heavy atom. The molecule has 2 N–H and O–H groups in total. The average molecular weight is 532 g/mol. The Labute approximate surface area is 219 Å². The summed E-state index contributed by atoms with van der Waals surface area (Å²) in [5, 5.41) is 14.5. The summed E-state index contributed by atoms with van der Waals surface area (Å²) in [7, 11) is 3.36. The highest BCUT2D eigenvalue weighted by Crippen LogP contribution is 2.38. The third-order valence-electron chi connectivity index (χ3n) is 5.94. The van der Waals surface area contributed by atoms with Crippen molar-refractivity contribution in [2.45, 2.75) is 13.0 Å². The van der Waals surface area contributed by atoms with Crippen molar-refractivity contribution in [3.63, 3.8) is 0 Å². The highest BCUT2D eigenvalue weighted by Gasteiger charge is 2.25. The molecule has 36 heavy (non-hydrogen) atoms. The van der Waals surface area contributed by atoms with Crippen molar-refractivity contribution < 1.29 is 19.4 Å². The van der Waals surface area contributed by atoms with Crippen LogP contribution < -0.4 is 5.32 Å². The number of anilines is 2. The maximum absolute atomic E-state index is 12.9. The number of aromatic nitrogens is 2. The molecule has 1 aliphatic rings. The van der Waals surface area contributed by atoms with Gasteiger partial charge in [-0.15, -0.1) is 11.3 Å². The van der Waals surface area contributed by atoms with E-state index in [1.165, 1.54) is 12.4 Å². The predicted molar refractivity (Wildman–Crippen MR) is 142 cm³/mol. The maximum Gasteiger partial charge on any atom is 0.246 e. The topological polar surface area (TPSA) is 100 Å². The molecule has 2 aromatic heterocycles. The van der Waals surface area contributed by atoms with Crippen LogP contribution in [0.1, 0.15) is 10.4 Å². The second-order valence-corrected chi connectivity index (χ2v) is 9.95. The fourth-order valence-electron chi connectivity index (χ4n) is 4.14. The van der Waals surface area contributed by atoms with Gasteiger partial charge < -0.3 is 24.8 Å². The second kappa shape index (κ2) is 12.5. The lowest BCUT2D eigenvalue weighted by Gasteiger charge is -2.26. The molecule has 3 aromatic rings. The van der Waals surface area contributed by atoms with Crippen molar-refractivity contribution in [3.05, 3.63) is 52.1 Å². The lowest BCUT2D eigenvalue weighted by molar-refractivity contribution is -0.126. The molecule has 192 valence electrons. The van der Waals surface area contributed by atoms with Gasteiger partial charge in [0.1, 0.15) is 22.7 Å². The van der Waals surface area contributed by atoms with Crippen LogP contribution in [-0.2, 0) is 27.2 Å². The zero-order chi connectivity index (χ0) is 25.5. The standard InChI is InChI=1S/C25H30ClN5O4S/c1-34-10-8-30(9-11-35-2)6-3-4-22(33)31-7-5-20-21(15-31)36-25-23(20)24(27-16-28-25)29-18-12-17(26)13-19(32)14-18/h3-4,12-14,16,32H,5-11,15H2,1-2H3,(H,27,28,29)/b4-3+. The lowest BCUT2D eigenvalue weighted by atomic mass is 10.0. The number of benzene rings is 1. The first kappa shape index (κ1) is 26.3. The minimum atomic E-state index is -0.00428. The van der Waals surface area contributed by atoms with Crippen LogP contribution in [0, 0.1) is 0 Å². The van der Waals surface area contributed by atoms with Gasteiger partial charge in [-0.2, -0.15) is 0 Å². The molecule has 3 heterocycles. The van der Waals surface area contributed by atoms with Gasteiger partial charge in [-0.25, -0.2) is 9.97 Å². The van der Waals surface area contributed by atoms with Gasteiger partial charge in [-0.05, 0) is 24.1 Å². The zero-order valence-electron chi connectivity index (χ0n) is 20.4. The molecule has 9 nitrogen and oxygen atoms in total. The highest BCUT2D eigenvalue weighted by molar-refractivity contribution is 7.19. The fraction of sp³-hybridized carbons (Fsp3) is 0.400. The number of thiophene rings is 1. The Balaban J connectivity index is 1.45. The number of carbonyl (C=O) groups excluding carboxylic acids is 1. The Morgan fingerprint density at radius 3 is 2.75 bits per heavy atom. The SMILES string of the molecule is COCCN(C/C=C/C(=O)N1CCc2c(sc3ncnc(Nc4cc(O)cc(Cl)c4)c23)C1)CCOC. The van der Waals surface area contributed by atoms with E-state index in [9.17, 15) is 9.90 Å². The summed E-state index contributed by atoms with van der Waals surface area (Å²) < 4.78 is 10.3. The van der Waals surface area contributed by atoms with E-state index in [-0.39, 0.29) is 11.7 Å². The summed E-state index contributed by atoms with van der Waals surface area (Å²) in [6, 6.07) is 4.80. The molecule has 0 fully saturated rings. The third kappa shape index (κ3) is 6.51.